The second-order valence-corrected chi connectivity index (χ2v) is 8.63. The Kier molecular flexibility index (Phi) is 4.78. The zero-order chi connectivity index (χ0) is 24.5. The number of hydrogen-bond donors (Lipinski definition) is 2. The predicted octanol–water partition coefficient (Wildman–Crippen LogP) is 4.03. The summed E-state index contributed by atoms with van der Waals surface area (Å²) in [5.74, 6) is -5.36. The minimum Gasteiger partial charge on any atom is -0.370 e. The molecule has 5 heterocycles. The molecular formula is C20H17F6N7O. The lowest BCUT2D eigenvalue weighted by atomic mass is 9.73. The number of aromatic nitrogens is 5. The maximum absolute atomic E-state index is 14.0. The van der Waals surface area contributed by atoms with E-state index in [9.17, 15) is 31.1 Å². The van der Waals surface area contributed by atoms with E-state index in [4.69, 9.17) is 0 Å². The highest BCUT2D eigenvalue weighted by Gasteiger charge is 2.56. The number of fused-ring (bicyclic) bond motifs is 1. The summed E-state index contributed by atoms with van der Waals surface area (Å²) in [6.45, 7) is 1.61. The molecular weight excluding hydrogens is 468 g/mol. The number of carbonyl (C=O) groups is 1. The van der Waals surface area contributed by atoms with Crippen molar-refractivity contribution in [1.29, 1.82) is 0 Å². The summed E-state index contributed by atoms with van der Waals surface area (Å²) in [5, 5.41) is 9.95. The van der Waals surface area contributed by atoms with E-state index in [2.05, 4.69) is 30.7 Å². The van der Waals surface area contributed by atoms with Gasteiger partial charge in [-0.05, 0) is 12.5 Å². The number of amides is 1. The maximum Gasteiger partial charge on any atom is 0.453 e. The first kappa shape index (κ1) is 22.3. The fraction of sp³-hybridized carbons (Fsp3) is 0.450. The number of nitrogens with one attached hydrogen (secondary N) is 2. The van der Waals surface area contributed by atoms with Crippen molar-refractivity contribution in [2.75, 3.05) is 17.2 Å². The molecule has 0 saturated heterocycles. The molecule has 2 N–H and O–H groups in total. The highest BCUT2D eigenvalue weighted by Crippen LogP contribution is 2.46. The fourth-order valence-electron chi connectivity index (χ4n) is 4.39. The molecule has 0 saturated carbocycles. The van der Waals surface area contributed by atoms with Crippen LogP contribution in [0.2, 0.25) is 0 Å². The largest absolute Gasteiger partial charge is 0.453 e. The number of nitrogens with zero attached hydrogens (tertiary/aromatic N) is 5. The lowest BCUT2D eigenvalue weighted by Gasteiger charge is -2.39. The molecule has 0 aliphatic carbocycles. The van der Waals surface area contributed by atoms with Crippen molar-refractivity contribution >= 4 is 28.6 Å². The van der Waals surface area contributed by atoms with Crippen molar-refractivity contribution in [2.45, 2.75) is 50.2 Å². The molecule has 3 aromatic rings. The molecule has 3 aromatic heterocycles. The molecule has 2 aliphatic heterocycles. The van der Waals surface area contributed by atoms with Crippen LogP contribution in [0.15, 0.2) is 12.3 Å². The maximum atomic E-state index is 14.0. The lowest BCUT2D eigenvalue weighted by molar-refractivity contribution is -0.285. The molecule has 34 heavy (non-hydrogen) atoms. The van der Waals surface area contributed by atoms with Gasteiger partial charge in [0.1, 0.15) is 23.1 Å². The van der Waals surface area contributed by atoms with Gasteiger partial charge in [-0.3, -0.25) is 4.79 Å². The smallest absolute Gasteiger partial charge is 0.370 e. The van der Waals surface area contributed by atoms with Crippen LogP contribution in [0.1, 0.15) is 31.7 Å². The number of carbonyl (C=O) groups excluding carboxylic acids is 1. The third kappa shape index (κ3) is 3.51. The average Bonchev–Trinajstić information content (AvgIpc) is 3.08. The summed E-state index contributed by atoms with van der Waals surface area (Å²) >= 11 is 0. The zero-order valence-corrected chi connectivity index (χ0v) is 17.6. The minimum atomic E-state index is -5.72. The van der Waals surface area contributed by atoms with Crippen molar-refractivity contribution in [3.63, 3.8) is 0 Å². The Hall–Kier alpha value is -3.45. The standard InChI is InChI=1S/C20H17F6N7O/c1-18-2-4-27-14-12(18)15(29-11(34)7-18)31-16(30-14)13-10-6-9(21)8-28-17(10)33(32-13)5-3-19(22,23)20(24,25)26/h6,8H,2-5,7H2,1H3,(H2,27,29,30,31,34). The summed E-state index contributed by atoms with van der Waals surface area (Å²) in [6.07, 6.45) is -5.59. The van der Waals surface area contributed by atoms with E-state index in [1.807, 2.05) is 6.92 Å². The summed E-state index contributed by atoms with van der Waals surface area (Å²) in [6, 6.07) is 1.02. The first-order chi connectivity index (χ1) is 15.9. The number of rotatable bonds is 4. The van der Waals surface area contributed by atoms with Gasteiger partial charge >= 0.3 is 12.1 Å². The molecule has 0 fully saturated rings. The van der Waals surface area contributed by atoms with Gasteiger partial charge in [-0.25, -0.2) is 24.0 Å². The van der Waals surface area contributed by atoms with Gasteiger partial charge in [0.15, 0.2) is 11.5 Å². The monoisotopic (exact) mass is 485 g/mol. The average molecular weight is 485 g/mol. The van der Waals surface area contributed by atoms with Crippen molar-refractivity contribution < 1.29 is 31.1 Å². The van der Waals surface area contributed by atoms with E-state index < -0.39 is 36.3 Å². The first-order valence-electron chi connectivity index (χ1n) is 10.3. The number of pyridine rings is 1. The van der Waals surface area contributed by atoms with E-state index in [0.717, 1.165) is 16.9 Å². The van der Waals surface area contributed by atoms with Crippen LogP contribution in [-0.2, 0) is 16.8 Å². The highest BCUT2D eigenvalue weighted by molar-refractivity contribution is 5.97. The van der Waals surface area contributed by atoms with E-state index in [0.29, 0.717) is 24.3 Å². The van der Waals surface area contributed by atoms with E-state index in [1.165, 1.54) is 0 Å². The Morgan fingerprint density at radius 3 is 2.65 bits per heavy atom. The van der Waals surface area contributed by atoms with Crippen LogP contribution in [0.3, 0.4) is 0 Å². The Bertz CT molecular complexity index is 1320. The Balaban J connectivity index is 1.62. The molecule has 5 rings (SSSR count). The lowest BCUT2D eigenvalue weighted by Crippen LogP contribution is -2.41. The van der Waals surface area contributed by atoms with Gasteiger partial charge < -0.3 is 10.6 Å². The fourth-order valence-corrected chi connectivity index (χ4v) is 4.39. The first-order valence-corrected chi connectivity index (χ1v) is 10.3. The van der Waals surface area contributed by atoms with Gasteiger partial charge in [-0.2, -0.15) is 27.1 Å². The summed E-state index contributed by atoms with van der Waals surface area (Å²) in [5.41, 5.74) is 0.0473. The predicted molar refractivity (Wildman–Crippen MR) is 108 cm³/mol. The number of alkyl halides is 5. The van der Waals surface area contributed by atoms with Crippen molar-refractivity contribution in [3.05, 3.63) is 23.6 Å². The van der Waals surface area contributed by atoms with Crippen molar-refractivity contribution in [3.8, 4) is 11.5 Å². The minimum absolute atomic E-state index is 0.0307. The van der Waals surface area contributed by atoms with Gasteiger partial charge in [0, 0.05) is 36.9 Å². The van der Waals surface area contributed by atoms with Gasteiger partial charge in [-0.1, -0.05) is 6.92 Å². The molecule has 0 aromatic carbocycles. The summed E-state index contributed by atoms with van der Waals surface area (Å²) in [7, 11) is 0. The van der Waals surface area contributed by atoms with Crippen LogP contribution < -0.4 is 10.6 Å². The van der Waals surface area contributed by atoms with Crippen LogP contribution in [-0.4, -0.2) is 49.3 Å². The quantitative estimate of drug-likeness (QED) is 0.542. The van der Waals surface area contributed by atoms with Crippen LogP contribution in [0.5, 0.6) is 0 Å². The van der Waals surface area contributed by atoms with Gasteiger partial charge in [0.25, 0.3) is 0 Å². The van der Waals surface area contributed by atoms with Gasteiger partial charge in [-0.15, -0.1) is 0 Å². The second-order valence-electron chi connectivity index (χ2n) is 8.63. The summed E-state index contributed by atoms with van der Waals surface area (Å²) in [4.78, 5) is 24.9. The zero-order valence-electron chi connectivity index (χ0n) is 17.6. The molecule has 2 aliphatic rings. The van der Waals surface area contributed by atoms with Gasteiger partial charge in [0.2, 0.25) is 5.91 Å². The van der Waals surface area contributed by atoms with Crippen molar-refractivity contribution in [1.82, 2.24) is 24.7 Å². The van der Waals surface area contributed by atoms with Crippen LogP contribution in [0, 0.1) is 5.82 Å². The molecule has 14 heteroatoms. The third-order valence-corrected chi connectivity index (χ3v) is 6.11. The van der Waals surface area contributed by atoms with E-state index >= 15 is 0 Å². The van der Waals surface area contributed by atoms with Gasteiger partial charge in [0.05, 0.1) is 11.6 Å². The molecule has 1 amide bonds. The van der Waals surface area contributed by atoms with Crippen LogP contribution in [0.4, 0.5) is 38.0 Å². The molecule has 0 spiro atoms. The Morgan fingerprint density at radius 2 is 1.91 bits per heavy atom. The second kappa shape index (κ2) is 7.27. The molecule has 0 radical (unpaired) electrons. The SMILES string of the molecule is CC12CCNc3nc(-c4nn(CCC(F)(F)C(F)(F)F)c5ncc(F)cc45)nc(c31)NC(=O)C2. The van der Waals surface area contributed by atoms with Crippen molar-refractivity contribution in [2.24, 2.45) is 0 Å². The number of anilines is 2. The summed E-state index contributed by atoms with van der Waals surface area (Å²) < 4.78 is 79.6. The number of hydrogen-bond acceptors (Lipinski definition) is 6. The normalized spacial score (nSPS) is 20.1. The molecule has 0 bridgehead atoms. The third-order valence-electron chi connectivity index (χ3n) is 6.11. The topological polar surface area (TPSA) is 97.6 Å². The number of halogens is 6. The van der Waals surface area contributed by atoms with E-state index in [-0.39, 0.29) is 40.7 Å². The Morgan fingerprint density at radius 1 is 1.18 bits per heavy atom. The van der Waals surface area contributed by atoms with Crippen LogP contribution in [0.25, 0.3) is 22.6 Å². The molecule has 8 nitrogen and oxygen atoms in total. The van der Waals surface area contributed by atoms with Crippen LogP contribution >= 0.6 is 0 Å². The van der Waals surface area contributed by atoms with E-state index in [1.54, 1.807) is 0 Å². The number of aryl methyl sites for hydroxylation is 1. The molecule has 180 valence electrons. The molecule has 1 unspecified atom stereocenters. The highest BCUT2D eigenvalue weighted by atomic mass is 19.4. The Labute approximate surface area is 187 Å². The molecule has 1 atom stereocenters.